The Morgan fingerprint density at radius 3 is 2.62 bits per heavy atom. The molecule has 1 saturated carbocycles. The Hall–Kier alpha value is -2.81. The molecule has 1 aliphatic heterocycles. The smallest absolute Gasteiger partial charge is 0.277 e. The van der Waals surface area contributed by atoms with Crippen LogP contribution in [0, 0.1) is 5.92 Å². The van der Waals surface area contributed by atoms with Crippen LogP contribution in [0.15, 0.2) is 34.1 Å². The molecule has 0 saturated heterocycles. The van der Waals surface area contributed by atoms with E-state index in [1.54, 1.807) is 26.2 Å². The SMILES string of the molecule is C[C@@H]1Oc2c(-c3cc(S(C)(=O)=O)ccc3OCC3CC3)cn(C)c(=O)c2NC1=O. The maximum atomic E-state index is 12.5. The van der Waals surface area contributed by atoms with Crippen LogP contribution in [0.2, 0.25) is 0 Å². The third-order valence-electron chi connectivity index (χ3n) is 5.08. The molecule has 1 fully saturated rings. The maximum Gasteiger partial charge on any atom is 0.277 e. The molecule has 0 radical (unpaired) electrons. The van der Waals surface area contributed by atoms with Crippen LogP contribution in [0.3, 0.4) is 0 Å². The molecule has 1 N–H and O–H groups in total. The van der Waals surface area contributed by atoms with Gasteiger partial charge in [-0.1, -0.05) is 0 Å². The van der Waals surface area contributed by atoms with Gasteiger partial charge in [0.15, 0.2) is 27.4 Å². The highest BCUT2D eigenvalue weighted by atomic mass is 32.2. The average molecular weight is 418 g/mol. The Morgan fingerprint density at radius 2 is 1.97 bits per heavy atom. The number of amides is 1. The van der Waals surface area contributed by atoms with E-state index in [1.165, 1.54) is 16.7 Å². The second-order valence-electron chi connectivity index (χ2n) is 7.60. The highest BCUT2D eigenvalue weighted by Crippen LogP contribution is 2.42. The monoisotopic (exact) mass is 418 g/mol. The minimum Gasteiger partial charge on any atom is -0.493 e. The first-order valence-corrected chi connectivity index (χ1v) is 11.2. The number of anilines is 1. The first-order valence-electron chi connectivity index (χ1n) is 9.33. The number of fused-ring (bicyclic) bond motifs is 1. The third-order valence-corrected chi connectivity index (χ3v) is 6.19. The molecule has 1 atom stereocenters. The number of hydrogen-bond acceptors (Lipinski definition) is 6. The number of nitrogens with zero attached hydrogens (tertiary/aromatic N) is 1. The minimum absolute atomic E-state index is 0.0333. The van der Waals surface area contributed by atoms with Crippen LogP contribution in [0.5, 0.6) is 11.5 Å². The van der Waals surface area contributed by atoms with E-state index in [4.69, 9.17) is 9.47 Å². The summed E-state index contributed by atoms with van der Waals surface area (Å²) in [4.78, 5) is 24.7. The predicted molar refractivity (Wildman–Crippen MR) is 107 cm³/mol. The molecular weight excluding hydrogens is 396 g/mol. The summed E-state index contributed by atoms with van der Waals surface area (Å²) in [6.45, 7) is 2.12. The van der Waals surface area contributed by atoms with Crippen molar-refractivity contribution in [3.8, 4) is 22.6 Å². The zero-order chi connectivity index (χ0) is 20.9. The molecule has 1 aliphatic carbocycles. The van der Waals surface area contributed by atoms with E-state index in [9.17, 15) is 18.0 Å². The van der Waals surface area contributed by atoms with Crippen molar-refractivity contribution >= 4 is 21.4 Å². The van der Waals surface area contributed by atoms with E-state index in [2.05, 4.69) is 5.32 Å². The van der Waals surface area contributed by atoms with Gasteiger partial charge in [0, 0.05) is 30.6 Å². The zero-order valence-corrected chi connectivity index (χ0v) is 17.2. The normalized spacial score (nSPS) is 18.6. The second kappa shape index (κ2) is 6.91. The average Bonchev–Trinajstić information content (AvgIpc) is 3.48. The van der Waals surface area contributed by atoms with Gasteiger partial charge < -0.3 is 19.4 Å². The molecule has 1 amide bonds. The van der Waals surface area contributed by atoms with Crippen LogP contribution in [0.25, 0.3) is 11.1 Å². The van der Waals surface area contributed by atoms with E-state index in [1.807, 2.05) is 0 Å². The quantitative estimate of drug-likeness (QED) is 0.796. The summed E-state index contributed by atoms with van der Waals surface area (Å²) in [6, 6.07) is 4.64. The number of benzene rings is 1. The van der Waals surface area contributed by atoms with Crippen molar-refractivity contribution < 1.29 is 22.7 Å². The lowest BCUT2D eigenvalue weighted by Gasteiger charge is -2.26. The molecule has 2 heterocycles. The number of sulfone groups is 1. The summed E-state index contributed by atoms with van der Waals surface area (Å²) < 4.78 is 37.3. The molecule has 1 aromatic heterocycles. The van der Waals surface area contributed by atoms with Crippen LogP contribution < -0.4 is 20.3 Å². The van der Waals surface area contributed by atoms with Gasteiger partial charge in [-0.2, -0.15) is 0 Å². The first kappa shape index (κ1) is 19.5. The van der Waals surface area contributed by atoms with Crippen molar-refractivity contribution in [2.75, 3.05) is 18.2 Å². The molecule has 0 bridgehead atoms. The Labute approximate surface area is 168 Å². The number of nitrogens with one attached hydrogen (secondary N) is 1. The van der Waals surface area contributed by atoms with Crippen LogP contribution in [-0.2, 0) is 21.7 Å². The molecule has 0 spiro atoms. The van der Waals surface area contributed by atoms with E-state index in [0.717, 1.165) is 19.1 Å². The van der Waals surface area contributed by atoms with Gasteiger partial charge in [-0.15, -0.1) is 0 Å². The van der Waals surface area contributed by atoms with Gasteiger partial charge in [0.05, 0.1) is 11.5 Å². The minimum atomic E-state index is -3.46. The molecule has 29 heavy (non-hydrogen) atoms. The fraction of sp³-hybridized carbons (Fsp3) is 0.400. The van der Waals surface area contributed by atoms with E-state index in [0.29, 0.717) is 29.4 Å². The Morgan fingerprint density at radius 1 is 1.24 bits per heavy atom. The van der Waals surface area contributed by atoms with Crippen LogP contribution in [-0.4, -0.2) is 37.9 Å². The third kappa shape index (κ3) is 3.74. The first-order chi connectivity index (χ1) is 13.6. The molecule has 9 heteroatoms. The predicted octanol–water partition coefficient (Wildman–Crippen LogP) is 1.96. The number of rotatable bonds is 5. The summed E-state index contributed by atoms with van der Waals surface area (Å²) in [7, 11) is -1.91. The van der Waals surface area contributed by atoms with E-state index in [-0.39, 0.29) is 16.3 Å². The topological polar surface area (TPSA) is 104 Å². The Bertz CT molecular complexity index is 1160. The molecule has 0 unspecified atom stereocenters. The van der Waals surface area contributed by atoms with E-state index < -0.39 is 27.4 Å². The number of aromatic nitrogens is 1. The number of hydrogen-bond donors (Lipinski definition) is 1. The number of carbonyl (C=O) groups is 1. The standard InChI is InChI=1S/C20H22N2O6S/c1-11-19(23)21-17-18(28-11)15(9-22(2)20(17)24)14-8-13(29(3,25)26)6-7-16(14)27-10-12-4-5-12/h6-9,11-12H,4-5,10H2,1-3H3,(H,21,23)/t11-/m0/s1. The number of carbonyl (C=O) groups excluding carboxylic acids is 1. The van der Waals surface area contributed by atoms with Crippen molar-refractivity contribution in [3.05, 3.63) is 34.7 Å². The van der Waals surface area contributed by atoms with Gasteiger partial charge >= 0.3 is 0 Å². The highest BCUT2D eigenvalue weighted by Gasteiger charge is 2.31. The number of aryl methyl sites for hydroxylation is 1. The lowest BCUT2D eigenvalue weighted by molar-refractivity contribution is -0.122. The number of pyridine rings is 1. The fourth-order valence-electron chi connectivity index (χ4n) is 3.17. The summed E-state index contributed by atoms with van der Waals surface area (Å²) in [5.74, 6) is 0.796. The lowest BCUT2D eigenvalue weighted by Crippen LogP contribution is -2.38. The lowest BCUT2D eigenvalue weighted by atomic mass is 10.0. The summed E-state index contributed by atoms with van der Waals surface area (Å²) in [5, 5.41) is 2.60. The Balaban J connectivity index is 1.93. The largest absolute Gasteiger partial charge is 0.493 e. The molecule has 8 nitrogen and oxygen atoms in total. The molecule has 2 aromatic rings. The van der Waals surface area contributed by atoms with Gasteiger partial charge in [-0.3, -0.25) is 9.59 Å². The number of ether oxygens (including phenoxy) is 2. The van der Waals surface area contributed by atoms with Gasteiger partial charge in [-0.25, -0.2) is 8.42 Å². The van der Waals surface area contributed by atoms with Crippen molar-refractivity contribution in [2.45, 2.75) is 30.8 Å². The van der Waals surface area contributed by atoms with Crippen molar-refractivity contribution in [2.24, 2.45) is 13.0 Å². The van der Waals surface area contributed by atoms with Crippen molar-refractivity contribution in [1.29, 1.82) is 0 Å². The summed E-state index contributed by atoms with van der Waals surface area (Å²) in [6.07, 6.45) is 4.13. The summed E-state index contributed by atoms with van der Waals surface area (Å²) >= 11 is 0. The maximum absolute atomic E-state index is 12.5. The zero-order valence-electron chi connectivity index (χ0n) is 16.4. The van der Waals surface area contributed by atoms with Gasteiger partial charge in [0.2, 0.25) is 0 Å². The molecule has 4 rings (SSSR count). The molecular formula is C20H22N2O6S. The molecule has 154 valence electrons. The molecule has 2 aliphatic rings. The molecule has 1 aromatic carbocycles. The highest BCUT2D eigenvalue weighted by molar-refractivity contribution is 7.90. The van der Waals surface area contributed by atoms with Crippen LogP contribution >= 0.6 is 0 Å². The van der Waals surface area contributed by atoms with Crippen molar-refractivity contribution in [3.63, 3.8) is 0 Å². The second-order valence-corrected chi connectivity index (χ2v) is 9.61. The van der Waals surface area contributed by atoms with Gasteiger partial charge in [-0.05, 0) is 43.9 Å². The summed E-state index contributed by atoms with van der Waals surface area (Å²) in [5.41, 5.74) is 0.587. The Kier molecular flexibility index (Phi) is 4.65. The van der Waals surface area contributed by atoms with Gasteiger partial charge in [0.25, 0.3) is 11.5 Å². The van der Waals surface area contributed by atoms with Crippen LogP contribution in [0.1, 0.15) is 19.8 Å². The van der Waals surface area contributed by atoms with E-state index >= 15 is 0 Å². The van der Waals surface area contributed by atoms with Crippen molar-refractivity contribution in [1.82, 2.24) is 4.57 Å². The fourth-order valence-corrected chi connectivity index (χ4v) is 3.81. The van der Waals surface area contributed by atoms with Crippen LogP contribution in [0.4, 0.5) is 5.69 Å². The van der Waals surface area contributed by atoms with Gasteiger partial charge in [0.1, 0.15) is 5.75 Å².